The molecule has 0 atom stereocenters. The molecule has 1 aliphatic heterocycles. The van der Waals surface area contributed by atoms with Gasteiger partial charge in [-0.2, -0.15) is 22.0 Å². The minimum atomic E-state index is -5.08. The summed E-state index contributed by atoms with van der Waals surface area (Å²) in [6.45, 7) is -2.27. The van der Waals surface area contributed by atoms with Gasteiger partial charge in [-0.3, -0.25) is 0 Å². The maximum atomic E-state index is 12.8. The predicted molar refractivity (Wildman–Crippen MR) is 119 cm³/mol. The zero-order valence-corrected chi connectivity index (χ0v) is 19.6. The Labute approximate surface area is 205 Å². The van der Waals surface area contributed by atoms with E-state index < -0.39 is 28.6 Å². The molecule has 36 heavy (non-hydrogen) atoms. The second-order valence-corrected chi connectivity index (χ2v) is 9.93. The summed E-state index contributed by atoms with van der Waals surface area (Å²) in [4.78, 5) is 14.8. The first kappa shape index (κ1) is 27.1. The van der Waals surface area contributed by atoms with E-state index in [-0.39, 0.29) is 23.0 Å². The Morgan fingerprint density at radius 3 is 2.50 bits per heavy atom. The van der Waals surface area contributed by atoms with Crippen LogP contribution in [-0.4, -0.2) is 50.4 Å². The molecule has 0 amide bonds. The molecular formula is C21H17F5N2O6S2. The molecule has 1 aromatic heterocycles. The van der Waals surface area contributed by atoms with Gasteiger partial charge in [-0.05, 0) is 24.3 Å². The van der Waals surface area contributed by atoms with Gasteiger partial charge in [0.25, 0.3) is 0 Å². The number of halogens is 5. The minimum Gasteiger partial charge on any atom is -0.489 e. The van der Waals surface area contributed by atoms with Gasteiger partial charge in [-0.15, -0.1) is 11.3 Å². The molecule has 1 N–H and O–H groups in total. The van der Waals surface area contributed by atoms with Crippen LogP contribution in [0.15, 0.2) is 58.9 Å². The standard InChI is InChI=1S/C19H16F2N2O4S2.C2HF3O2/c20-19(21)27-16-4-2-1-3-14(16)23-8-9-26-17-11-13(5-6-15(17)23)29(24,25)12-18-22-7-10-28-18;3-2(4,5)1(6)7/h1-7,10-11,19H,8-9,12H2;(H,6,7). The summed E-state index contributed by atoms with van der Waals surface area (Å²) in [6.07, 6.45) is -3.53. The highest BCUT2D eigenvalue weighted by atomic mass is 32.2. The number of thiazole rings is 1. The summed E-state index contributed by atoms with van der Waals surface area (Å²) < 4.78 is 93.0. The number of ether oxygens (including phenoxy) is 2. The van der Waals surface area contributed by atoms with Crippen molar-refractivity contribution in [3.05, 3.63) is 59.0 Å². The molecule has 194 valence electrons. The number of nitrogens with zero attached hydrogens (tertiary/aromatic N) is 2. The molecule has 15 heteroatoms. The average molecular weight is 552 g/mol. The smallest absolute Gasteiger partial charge is 0.489 e. The SMILES string of the molecule is O=C(O)C(F)(F)F.O=S(=O)(Cc1nccs1)c1ccc2c(c1)OCCN2c1ccccc1OC(F)F. The van der Waals surface area contributed by atoms with Gasteiger partial charge in [0, 0.05) is 17.6 Å². The molecule has 0 unspecified atom stereocenters. The summed E-state index contributed by atoms with van der Waals surface area (Å²) in [5.41, 5.74) is 1.03. The molecule has 2 aromatic carbocycles. The van der Waals surface area contributed by atoms with Gasteiger partial charge in [-0.25, -0.2) is 18.2 Å². The molecule has 3 aromatic rings. The van der Waals surface area contributed by atoms with Crippen LogP contribution in [0, 0.1) is 0 Å². The second kappa shape index (κ2) is 11.1. The van der Waals surface area contributed by atoms with E-state index in [4.69, 9.17) is 14.6 Å². The number of carboxylic acid groups (broad SMARTS) is 1. The number of carboxylic acids is 1. The molecule has 1 aliphatic rings. The number of para-hydroxylation sites is 2. The van der Waals surface area contributed by atoms with Crippen molar-refractivity contribution in [1.82, 2.24) is 4.98 Å². The van der Waals surface area contributed by atoms with Crippen molar-refractivity contribution >= 4 is 38.5 Å². The number of anilines is 2. The van der Waals surface area contributed by atoms with Gasteiger partial charge in [0.15, 0.2) is 9.84 Å². The lowest BCUT2D eigenvalue weighted by Gasteiger charge is -2.32. The Kier molecular flexibility index (Phi) is 8.35. The van der Waals surface area contributed by atoms with Gasteiger partial charge in [0.1, 0.15) is 28.9 Å². The molecule has 0 aliphatic carbocycles. The van der Waals surface area contributed by atoms with E-state index in [1.165, 1.54) is 29.5 Å². The van der Waals surface area contributed by atoms with Crippen LogP contribution in [0.2, 0.25) is 0 Å². The van der Waals surface area contributed by atoms with E-state index in [9.17, 15) is 30.4 Å². The third kappa shape index (κ3) is 6.81. The maximum Gasteiger partial charge on any atom is 0.490 e. The summed E-state index contributed by atoms with van der Waals surface area (Å²) in [5, 5.41) is 9.35. The predicted octanol–water partition coefficient (Wildman–Crippen LogP) is 4.88. The van der Waals surface area contributed by atoms with Crippen LogP contribution in [0.25, 0.3) is 0 Å². The summed E-state index contributed by atoms with van der Waals surface area (Å²) in [7, 11) is -3.60. The number of aliphatic carboxylic acids is 1. The molecular weight excluding hydrogens is 535 g/mol. The Balaban J connectivity index is 0.000000454. The van der Waals surface area contributed by atoms with Crippen molar-refractivity contribution in [2.75, 3.05) is 18.1 Å². The van der Waals surface area contributed by atoms with Gasteiger partial charge in [-0.1, -0.05) is 12.1 Å². The number of carbonyl (C=O) groups is 1. The van der Waals surface area contributed by atoms with Crippen molar-refractivity contribution in [3.8, 4) is 11.5 Å². The fourth-order valence-corrected chi connectivity index (χ4v) is 5.36. The monoisotopic (exact) mass is 552 g/mol. The van der Waals surface area contributed by atoms with E-state index >= 15 is 0 Å². The third-order valence-electron chi connectivity index (χ3n) is 4.57. The Morgan fingerprint density at radius 2 is 1.89 bits per heavy atom. The first-order valence-electron chi connectivity index (χ1n) is 9.88. The largest absolute Gasteiger partial charge is 0.490 e. The second-order valence-electron chi connectivity index (χ2n) is 6.96. The third-order valence-corrected chi connectivity index (χ3v) is 7.15. The van der Waals surface area contributed by atoms with E-state index in [1.807, 2.05) is 0 Å². The highest BCUT2D eigenvalue weighted by Crippen LogP contribution is 2.42. The maximum absolute atomic E-state index is 12.8. The number of hydrogen-bond donors (Lipinski definition) is 1. The summed E-state index contributed by atoms with van der Waals surface area (Å²) in [5.74, 6) is -2.55. The molecule has 0 saturated heterocycles. The number of aromatic nitrogens is 1. The van der Waals surface area contributed by atoms with Gasteiger partial charge < -0.3 is 19.5 Å². The zero-order valence-electron chi connectivity index (χ0n) is 18.0. The summed E-state index contributed by atoms with van der Waals surface area (Å²) in [6, 6.07) is 11.0. The number of benzene rings is 2. The summed E-state index contributed by atoms with van der Waals surface area (Å²) >= 11 is 1.27. The number of rotatable bonds is 6. The zero-order chi connectivity index (χ0) is 26.5. The van der Waals surface area contributed by atoms with Crippen molar-refractivity contribution < 1.29 is 49.7 Å². The van der Waals surface area contributed by atoms with E-state index in [1.54, 1.807) is 40.7 Å². The van der Waals surface area contributed by atoms with Crippen LogP contribution in [-0.2, 0) is 20.4 Å². The van der Waals surface area contributed by atoms with Crippen molar-refractivity contribution in [2.24, 2.45) is 0 Å². The lowest BCUT2D eigenvalue weighted by Crippen LogP contribution is -2.29. The molecule has 2 heterocycles. The van der Waals surface area contributed by atoms with Crippen LogP contribution in [0.5, 0.6) is 11.5 Å². The van der Waals surface area contributed by atoms with Crippen LogP contribution in [0.1, 0.15) is 5.01 Å². The number of sulfone groups is 1. The quantitative estimate of drug-likeness (QED) is 0.432. The Hall–Kier alpha value is -3.46. The normalized spacial score (nSPS) is 13.3. The Morgan fingerprint density at radius 1 is 1.19 bits per heavy atom. The lowest BCUT2D eigenvalue weighted by atomic mass is 10.2. The van der Waals surface area contributed by atoms with E-state index in [0.717, 1.165) is 0 Å². The van der Waals surface area contributed by atoms with Crippen LogP contribution in [0.4, 0.5) is 33.3 Å². The number of fused-ring (bicyclic) bond motifs is 1. The fraction of sp³-hybridized carbons (Fsp3) is 0.238. The fourth-order valence-electron chi connectivity index (χ4n) is 3.09. The Bertz CT molecular complexity index is 1300. The number of hydrogen-bond acceptors (Lipinski definition) is 8. The molecule has 0 bridgehead atoms. The highest BCUT2D eigenvalue weighted by molar-refractivity contribution is 7.90. The van der Waals surface area contributed by atoms with Crippen molar-refractivity contribution in [2.45, 2.75) is 23.4 Å². The van der Waals surface area contributed by atoms with E-state index in [2.05, 4.69) is 9.72 Å². The van der Waals surface area contributed by atoms with E-state index in [0.29, 0.717) is 28.7 Å². The molecule has 0 radical (unpaired) electrons. The van der Waals surface area contributed by atoms with Gasteiger partial charge in [0.2, 0.25) is 0 Å². The minimum absolute atomic E-state index is 0.0378. The first-order chi connectivity index (χ1) is 16.9. The highest BCUT2D eigenvalue weighted by Gasteiger charge is 2.38. The molecule has 0 spiro atoms. The van der Waals surface area contributed by atoms with Gasteiger partial charge >= 0.3 is 18.8 Å². The molecule has 0 fully saturated rings. The van der Waals surface area contributed by atoms with Crippen LogP contribution < -0.4 is 14.4 Å². The molecule has 0 saturated carbocycles. The van der Waals surface area contributed by atoms with Crippen LogP contribution >= 0.6 is 11.3 Å². The van der Waals surface area contributed by atoms with Crippen molar-refractivity contribution in [1.29, 1.82) is 0 Å². The number of alkyl halides is 5. The topological polar surface area (TPSA) is 106 Å². The molecule has 4 rings (SSSR count). The lowest BCUT2D eigenvalue weighted by molar-refractivity contribution is -0.192. The van der Waals surface area contributed by atoms with Crippen molar-refractivity contribution in [3.63, 3.8) is 0 Å². The van der Waals surface area contributed by atoms with Crippen LogP contribution in [0.3, 0.4) is 0 Å². The molecule has 8 nitrogen and oxygen atoms in total. The first-order valence-corrected chi connectivity index (χ1v) is 12.4. The van der Waals surface area contributed by atoms with Gasteiger partial charge in [0.05, 0.1) is 22.8 Å². The average Bonchev–Trinajstić information content (AvgIpc) is 3.30.